The summed E-state index contributed by atoms with van der Waals surface area (Å²) in [5, 5.41) is 3.21. The van der Waals surface area contributed by atoms with Gasteiger partial charge in [-0.15, -0.1) is 0 Å². The Morgan fingerprint density at radius 2 is 2.00 bits per heavy atom. The number of sulfonamides is 1. The van der Waals surface area contributed by atoms with Gasteiger partial charge in [0.1, 0.15) is 0 Å². The maximum Gasteiger partial charge on any atom is 0.325 e. The lowest BCUT2D eigenvalue weighted by molar-refractivity contribution is 0.341. The molecular weight excluding hydrogens is 284 g/mol. The van der Waals surface area contributed by atoms with Crippen molar-refractivity contribution in [2.75, 3.05) is 20.1 Å². The van der Waals surface area contributed by atoms with Gasteiger partial charge in [-0.3, -0.25) is 9.78 Å². The number of rotatable bonds is 3. The van der Waals surface area contributed by atoms with Crippen molar-refractivity contribution in [3.05, 3.63) is 27.0 Å². The highest BCUT2D eigenvalue weighted by Gasteiger charge is 2.30. The van der Waals surface area contributed by atoms with Gasteiger partial charge >= 0.3 is 5.69 Å². The van der Waals surface area contributed by atoms with Crippen molar-refractivity contribution >= 4 is 10.0 Å². The number of H-pyrrole nitrogens is 2. The highest BCUT2D eigenvalue weighted by molar-refractivity contribution is 7.89. The fourth-order valence-corrected chi connectivity index (χ4v) is 3.71. The molecule has 1 aromatic heterocycles. The third-order valence-electron chi connectivity index (χ3n) is 3.50. The van der Waals surface area contributed by atoms with E-state index in [-0.39, 0.29) is 6.04 Å². The molecule has 9 heteroatoms. The molecule has 1 aromatic rings. The fraction of sp³-hybridized carbons (Fsp3) is 0.636. The third kappa shape index (κ3) is 3.00. The molecule has 1 aliphatic rings. The summed E-state index contributed by atoms with van der Waals surface area (Å²) in [6.45, 7) is 1.61. The molecule has 0 aromatic carbocycles. The van der Waals surface area contributed by atoms with Crippen LogP contribution in [0.15, 0.2) is 20.7 Å². The SMILES string of the molecule is CN(C1CCCNCC1)S(=O)(=O)c1c[nH]c(=O)[nH]c1=O. The van der Waals surface area contributed by atoms with E-state index in [2.05, 4.69) is 10.3 Å². The fourth-order valence-electron chi connectivity index (χ4n) is 2.30. The van der Waals surface area contributed by atoms with Crippen LogP contribution in [0, 0.1) is 0 Å². The normalized spacial score (nSPS) is 20.8. The van der Waals surface area contributed by atoms with E-state index in [1.807, 2.05) is 4.98 Å². The number of hydrogen-bond donors (Lipinski definition) is 3. The van der Waals surface area contributed by atoms with Crippen LogP contribution in [0.4, 0.5) is 0 Å². The van der Waals surface area contributed by atoms with Crippen molar-refractivity contribution < 1.29 is 8.42 Å². The second-order valence-electron chi connectivity index (χ2n) is 4.79. The largest absolute Gasteiger partial charge is 0.325 e. The average Bonchev–Trinajstić information content (AvgIpc) is 2.66. The standard InChI is InChI=1S/C11H18N4O4S/c1-15(8-3-2-5-12-6-4-8)20(18,19)9-7-13-11(17)14-10(9)16/h7-8,12H,2-6H2,1H3,(H2,13,14,16,17). The summed E-state index contributed by atoms with van der Waals surface area (Å²) < 4.78 is 26.1. The Hall–Kier alpha value is -1.45. The van der Waals surface area contributed by atoms with Crippen LogP contribution in [0.3, 0.4) is 0 Å². The van der Waals surface area contributed by atoms with E-state index in [4.69, 9.17) is 0 Å². The minimum Gasteiger partial charge on any atom is -0.317 e. The van der Waals surface area contributed by atoms with Crippen molar-refractivity contribution in [3.63, 3.8) is 0 Å². The van der Waals surface area contributed by atoms with Gasteiger partial charge in [-0.25, -0.2) is 13.2 Å². The Balaban J connectivity index is 2.33. The van der Waals surface area contributed by atoms with Gasteiger partial charge in [0.2, 0.25) is 10.0 Å². The molecular formula is C11H18N4O4S. The predicted molar refractivity (Wildman–Crippen MR) is 73.1 cm³/mol. The number of aromatic amines is 2. The zero-order valence-corrected chi connectivity index (χ0v) is 12.0. The summed E-state index contributed by atoms with van der Waals surface area (Å²) >= 11 is 0. The minimum atomic E-state index is -3.91. The topological polar surface area (TPSA) is 115 Å². The highest BCUT2D eigenvalue weighted by Crippen LogP contribution is 2.18. The van der Waals surface area contributed by atoms with Crippen LogP contribution in [0.5, 0.6) is 0 Å². The first-order valence-corrected chi connectivity index (χ1v) is 7.87. The molecule has 0 amide bonds. The number of aromatic nitrogens is 2. The molecule has 0 saturated carbocycles. The summed E-state index contributed by atoms with van der Waals surface area (Å²) in [5.41, 5.74) is -1.62. The van der Waals surface area contributed by atoms with Gasteiger partial charge in [0, 0.05) is 19.3 Å². The zero-order valence-electron chi connectivity index (χ0n) is 11.2. The van der Waals surface area contributed by atoms with E-state index >= 15 is 0 Å². The van der Waals surface area contributed by atoms with Crippen LogP contribution in [0.1, 0.15) is 19.3 Å². The van der Waals surface area contributed by atoms with Crippen LogP contribution in [-0.4, -0.2) is 48.9 Å². The van der Waals surface area contributed by atoms with E-state index in [1.165, 1.54) is 11.4 Å². The van der Waals surface area contributed by atoms with Crippen LogP contribution in [-0.2, 0) is 10.0 Å². The number of nitrogens with one attached hydrogen (secondary N) is 3. The molecule has 0 spiro atoms. The van der Waals surface area contributed by atoms with Crippen molar-refractivity contribution in [3.8, 4) is 0 Å². The van der Waals surface area contributed by atoms with Crippen LogP contribution in [0.25, 0.3) is 0 Å². The first-order chi connectivity index (χ1) is 9.43. The van der Waals surface area contributed by atoms with Gasteiger partial charge in [0.15, 0.2) is 4.90 Å². The van der Waals surface area contributed by atoms with Crippen LogP contribution in [0.2, 0.25) is 0 Å². The van der Waals surface area contributed by atoms with E-state index in [0.29, 0.717) is 6.42 Å². The highest BCUT2D eigenvalue weighted by atomic mass is 32.2. The van der Waals surface area contributed by atoms with Gasteiger partial charge in [-0.05, 0) is 32.4 Å². The summed E-state index contributed by atoms with van der Waals surface area (Å²) in [7, 11) is -2.44. The predicted octanol–water partition coefficient (Wildman–Crippen LogP) is -1.17. The number of nitrogens with zero attached hydrogens (tertiary/aromatic N) is 1. The lowest BCUT2D eigenvalue weighted by Gasteiger charge is -2.25. The molecule has 1 saturated heterocycles. The van der Waals surface area contributed by atoms with Gasteiger partial charge in [-0.1, -0.05) is 0 Å². The van der Waals surface area contributed by atoms with Crippen molar-refractivity contribution in [1.82, 2.24) is 19.6 Å². The molecule has 112 valence electrons. The Morgan fingerprint density at radius 1 is 1.25 bits per heavy atom. The molecule has 1 atom stereocenters. The van der Waals surface area contributed by atoms with Crippen molar-refractivity contribution in [1.29, 1.82) is 0 Å². The van der Waals surface area contributed by atoms with E-state index in [1.54, 1.807) is 0 Å². The summed E-state index contributed by atoms with van der Waals surface area (Å²) in [6, 6.07) is -0.152. The van der Waals surface area contributed by atoms with Gasteiger partial charge < -0.3 is 10.3 Å². The maximum atomic E-state index is 12.4. The molecule has 2 heterocycles. The van der Waals surface area contributed by atoms with Crippen molar-refractivity contribution in [2.24, 2.45) is 0 Å². The second kappa shape index (κ2) is 5.90. The van der Waals surface area contributed by atoms with E-state index in [9.17, 15) is 18.0 Å². The molecule has 0 aliphatic carbocycles. The summed E-state index contributed by atoms with van der Waals surface area (Å²) in [5.74, 6) is 0. The van der Waals surface area contributed by atoms with E-state index < -0.39 is 26.2 Å². The van der Waals surface area contributed by atoms with Crippen LogP contribution < -0.4 is 16.6 Å². The van der Waals surface area contributed by atoms with Crippen molar-refractivity contribution in [2.45, 2.75) is 30.2 Å². The average molecular weight is 302 g/mol. The Labute approximate surface area is 116 Å². The molecule has 8 nitrogen and oxygen atoms in total. The Bertz CT molecular complexity index is 670. The molecule has 1 fully saturated rings. The first-order valence-electron chi connectivity index (χ1n) is 6.43. The lowest BCUT2D eigenvalue weighted by atomic mass is 10.1. The molecule has 1 aliphatic heterocycles. The van der Waals surface area contributed by atoms with Gasteiger partial charge in [0.05, 0.1) is 0 Å². The number of hydrogen-bond acceptors (Lipinski definition) is 5. The summed E-state index contributed by atoms with van der Waals surface area (Å²) in [4.78, 5) is 26.3. The minimum absolute atomic E-state index is 0.152. The molecule has 1 unspecified atom stereocenters. The van der Waals surface area contributed by atoms with Gasteiger partial charge in [0.25, 0.3) is 5.56 Å². The molecule has 0 radical (unpaired) electrons. The third-order valence-corrected chi connectivity index (χ3v) is 5.42. The smallest absolute Gasteiger partial charge is 0.317 e. The first kappa shape index (κ1) is 14.9. The molecule has 0 bridgehead atoms. The summed E-state index contributed by atoms with van der Waals surface area (Å²) in [6.07, 6.45) is 3.26. The monoisotopic (exact) mass is 302 g/mol. The lowest BCUT2D eigenvalue weighted by Crippen LogP contribution is -2.40. The quantitative estimate of drug-likeness (QED) is 0.650. The van der Waals surface area contributed by atoms with E-state index in [0.717, 1.165) is 32.1 Å². The second-order valence-corrected chi connectivity index (χ2v) is 6.76. The zero-order chi connectivity index (χ0) is 14.8. The van der Waals surface area contributed by atoms with Gasteiger partial charge in [-0.2, -0.15) is 4.31 Å². The van der Waals surface area contributed by atoms with Crippen LogP contribution >= 0.6 is 0 Å². The Kier molecular flexibility index (Phi) is 4.41. The maximum absolute atomic E-state index is 12.4. The Morgan fingerprint density at radius 3 is 2.70 bits per heavy atom. The molecule has 2 rings (SSSR count). The molecule has 3 N–H and O–H groups in total. The molecule has 20 heavy (non-hydrogen) atoms.